The van der Waals surface area contributed by atoms with E-state index in [1.165, 1.54) is 0 Å². The molecule has 3 aliphatic heterocycles. The summed E-state index contributed by atoms with van der Waals surface area (Å²) in [6.07, 6.45) is -9.88. The number of ketones is 1. The van der Waals surface area contributed by atoms with Gasteiger partial charge in [0.2, 0.25) is 17.8 Å². The van der Waals surface area contributed by atoms with Gasteiger partial charge in [-0.05, 0) is 24.3 Å². The highest BCUT2D eigenvalue weighted by Crippen LogP contribution is 2.59. The van der Waals surface area contributed by atoms with Crippen molar-refractivity contribution in [1.29, 1.82) is 0 Å². The van der Waals surface area contributed by atoms with Gasteiger partial charge in [0, 0.05) is 5.56 Å². The van der Waals surface area contributed by atoms with Crippen molar-refractivity contribution in [3.63, 3.8) is 0 Å². The molecule has 46 heavy (non-hydrogen) atoms. The van der Waals surface area contributed by atoms with Crippen LogP contribution in [0.1, 0.15) is 32.2 Å². The number of carbonyl (C=O) groups is 4. The van der Waals surface area contributed by atoms with E-state index in [1.54, 1.807) is 0 Å². The fourth-order valence-electron chi connectivity index (χ4n) is 5.62. The molecule has 0 amide bonds. The first-order valence-electron chi connectivity index (χ1n) is 13.0. The molecule has 1 aliphatic carbocycles. The van der Waals surface area contributed by atoms with Crippen LogP contribution in [0.25, 0.3) is 0 Å². The van der Waals surface area contributed by atoms with Crippen LogP contribution < -0.4 is 4.74 Å². The van der Waals surface area contributed by atoms with E-state index < -0.39 is 135 Å². The van der Waals surface area contributed by atoms with Crippen molar-refractivity contribution < 1.29 is 93.9 Å². The van der Waals surface area contributed by atoms with E-state index in [2.05, 4.69) is 0 Å². The number of aromatic hydroxyl groups is 5. The summed E-state index contributed by atoms with van der Waals surface area (Å²) in [4.78, 5) is 52.8. The standard InChI is InChI=1S/C27H22O19/c28-5-12-19-18(35)21(25(42-12)45-22(36)6-1-9(29)16(33)10(30)2-6)44-23(37)7-3-11(31)17(34)20-14(7)15-8(24(38)43-19)4-13(32)26(39,40)27(15,41)46-20/h1-4,12,15,18-19,21,25,28-31,33-35,39-41H,5H2/t12?,15-,18?,19?,21?,25?,27?/m0/s1. The molecule has 244 valence electrons. The number of benzene rings is 2. The minimum absolute atomic E-state index is 0.339. The molecular weight excluding hydrogens is 628 g/mol. The minimum Gasteiger partial charge on any atom is -0.504 e. The summed E-state index contributed by atoms with van der Waals surface area (Å²) in [6.45, 7) is -1.05. The number of esters is 3. The van der Waals surface area contributed by atoms with Crippen LogP contribution in [-0.4, -0.2) is 124 Å². The van der Waals surface area contributed by atoms with Crippen LogP contribution in [0.5, 0.6) is 34.5 Å². The Morgan fingerprint density at radius 2 is 1.48 bits per heavy atom. The normalized spacial score (nSPS) is 31.0. The quantitative estimate of drug-likeness (QED) is 0.0683. The fraction of sp³-hybridized carbons (Fsp3) is 0.333. The van der Waals surface area contributed by atoms with E-state index in [4.69, 9.17) is 23.7 Å². The summed E-state index contributed by atoms with van der Waals surface area (Å²) >= 11 is 0. The first-order valence-corrected chi connectivity index (χ1v) is 13.0. The van der Waals surface area contributed by atoms with Crippen molar-refractivity contribution >= 4 is 23.7 Å². The van der Waals surface area contributed by atoms with Gasteiger partial charge < -0.3 is 74.7 Å². The lowest BCUT2D eigenvalue weighted by atomic mass is 9.74. The van der Waals surface area contributed by atoms with Crippen LogP contribution in [0.3, 0.4) is 0 Å². The number of aliphatic hydroxyl groups is 5. The molecule has 3 heterocycles. The zero-order valence-electron chi connectivity index (χ0n) is 22.6. The van der Waals surface area contributed by atoms with Crippen molar-refractivity contribution in [1.82, 2.24) is 0 Å². The SMILES string of the molecule is O=C1OC2C(CO)OC(OC(=O)c3cc(O)c(O)c(O)c3)C(OC(=O)c3cc(O)c(O)c4c3[C@@H]3C1=CC(=O)C(O)(O)C3(O)O4)C2O. The van der Waals surface area contributed by atoms with Gasteiger partial charge in [-0.25, -0.2) is 14.4 Å². The topological polar surface area (TPSA) is 317 Å². The number of aliphatic hydroxyl groups excluding tert-OH is 2. The number of carbonyl (C=O) groups excluding carboxylic acids is 4. The van der Waals surface area contributed by atoms with E-state index in [9.17, 15) is 70.2 Å². The lowest BCUT2D eigenvalue weighted by Crippen LogP contribution is -2.66. The second-order valence-corrected chi connectivity index (χ2v) is 10.6. The van der Waals surface area contributed by atoms with Crippen molar-refractivity contribution in [2.24, 2.45) is 0 Å². The van der Waals surface area contributed by atoms with Gasteiger partial charge in [-0.15, -0.1) is 0 Å². The predicted octanol–water partition coefficient (Wildman–Crippen LogP) is -3.04. The third kappa shape index (κ3) is 4.21. The highest BCUT2D eigenvalue weighted by atomic mass is 16.7. The third-order valence-corrected chi connectivity index (χ3v) is 7.92. The molecule has 7 atom stereocenters. The summed E-state index contributed by atoms with van der Waals surface area (Å²) < 4.78 is 26.4. The van der Waals surface area contributed by atoms with Gasteiger partial charge in [0.25, 0.3) is 11.6 Å². The molecule has 0 saturated carbocycles. The number of phenolic OH excluding ortho intramolecular Hbond substituents is 5. The molecule has 0 aromatic heterocycles. The van der Waals surface area contributed by atoms with Gasteiger partial charge in [0.1, 0.15) is 12.2 Å². The molecule has 2 bridgehead atoms. The molecule has 19 heteroatoms. The molecule has 4 aliphatic rings. The van der Waals surface area contributed by atoms with Crippen LogP contribution >= 0.6 is 0 Å². The molecule has 1 fully saturated rings. The Bertz CT molecular complexity index is 1720. The molecule has 10 N–H and O–H groups in total. The number of fused-ring (bicyclic) bond motifs is 2. The molecule has 0 spiro atoms. The Morgan fingerprint density at radius 1 is 0.870 bits per heavy atom. The summed E-state index contributed by atoms with van der Waals surface area (Å²) in [5.41, 5.74) is -3.02. The van der Waals surface area contributed by atoms with Crippen LogP contribution in [0, 0.1) is 0 Å². The Hall–Kier alpha value is -5.18. The van der Waals surface area contributed by atoms with E-state index in [1.807, 2.05) is 0 Å². The maximum Gasteiger partial charge on any atom is 0.340 e. The summed E-state index contributed by atoms with van der Waals surface area (Å²) in [6, 6.07) is 1.92. The molecule has 0 radical (unpaired) electrons. The second-order valence-electron chi connectivity index (χ2n) is 10.6. The van der Waals surface area contributed by atoms with E-state index >= 15 is 0 Å². The number of ether oxygens (including phenoxy) is 5. The molecular formula is C27H22O19. The fourth-order valence-corrected chi connectivity index (χ4v) is 5.62. The number of hydrogen-bond acceptors (Lipinski definition) is 19. The Morgan fingerprint density at radius 3 is 2.11 bits per heavy atom. The van der Waals surface area contributed by atoms with Crippen molar-refractivity contribution in [3.05, 3.63) is 46.5 Å². The average Bonchev–Trinajstić information content (AvgIpc) is 3.32. The molecule has 6 unspecified atom stereocenters. The van der Waals surface area contributed by atoms with Gasteiger partial charge in [0.05, 0.1) is 29.2 Å². The Balaban J connectivity index is 1.48. The van der Waals surface area contributed by atoms with Crippen LogP contribution in [0.2, 0.25) is 0 Å². The molecule has 2 aromatic carbocycles. The average molecular weight is 650 g/mol. The van der Waals surface area contributed by atoms with Crippen LogP contribution in [-0.2, 0) is 28.5 Å². The largest absolute Gasteiger partial charge is 0.504 e. The summed E-state index contributed by atoms with van der Waals surface area (Å²) in [5, 5.41) is 104. The van der Waals surface area contributed by atoms with Crippen LogP contribution in [0.15, 0.2) is 29.8 Å². The minimum atomic E-state index is -3.81. The Kier molecular flexibility index (Phi) is 6.82. The Labute approximate surface area is 253 Å². The van der Waals surface area contributed by atoms with E-state index in [0.29, 0.717) is 24.3 Å². The van der Waals surface area contributed by atoms with E-state index in [-0.39, 0.29) is 0 Å². The molecule has 2 aromatic rings. The third-order valence-electron chi connectivity index (χ3n) is 7.92. The zero-order chi connectivity index (χ0) is 33.6. The number of hydrogen-bond donors (Lipinski definition) is 10. The van der Waals surface area contributed by atoms with Gasteiger partial charge in [-0.3, -0.25) is 4.79 Å². The lowest BCUT2D eigenvalue weighted by Gasteiger charge is -2.43. The zero-order valence-corrected chi connectivity index (χ0v) is 22.6. The summed E-state index contributed by atoms with van der Waals surface area (Å²) in [7, 11) is 0. The number of rotatable bonds is 3. The van der Waals surface area contributed by atoms with Gasteiger partial charge in [-0.1, -0.05) is 0 Å². The molecule has 19 nitrogen and oxygen atoms in total. The van der Waals surface area contributed by atoms with Crippen molar-refractivity contribution in [2.45, 2.75) is 48.2 Å². The second kappa shape index (κ2) is 10.2. The van der Waals surface area contributed by atoms with Gasteiger partial charge in [0.15, 0.2) is 41.0 Å². The smallest absolute Gasteiger partial charge is 0.340 e. The maximum atomic E-state index is 13.6. The van der Waals surface area contributed by atoms with Gasteiger partial charge >= 0.3 is 17.9 Å². The highest BCUT2D eigenvalue weighted by molar-refractivity contribution is 6.08. The van der Waals surface area contributed by atoms with Crippen LogP contribution in [0.4, 0.5) is 0 Å². The highest BCUT2D eigenvalue weighted by Gasteiger charge is 2.70. The first kappa shape index (κ1) is 30.8. The van der Waals surface area contributed by atoms with Crippen molar-refractivity contribution in [3.8, 4) is 34.5 Å². The van der Waals surface area contributed by atoms with Gasteiger partial charge in [-0.2, -0.15) is 0 Å². The van der Waals surface area contributed by atoms with Crippen molar-refractivity contribution in [2.75, 3.05) is 6.61 Å². The lowest BCUT2D eigenvalue weighted by molar-refractivity contribution is -0.323. The monoisotopic (exact) mass is 650 g/mol. The number of phenols is 5. The maximum absolute atomic E-state index is 13.6. The van der Waals surface area contributed by atoms with E-state index in [0.717, 1.165) is 0 Å². The molecule has 6 rings (SSSR count). The first-order chi connectivity index (χ1) is 21.5. The molecule has 1 saturated heterocycles. The summed E-state index contributed by atoms with van der Waals surface area (Å²) in [5.74, 6) is -21.9. The predicted molar refractivity (Wildman–Crippen MR) is 136 cm³/mol.